The Morgan fingerprint density at radius 1 is 1.11 bits per heavy atom. The molecule has 1 amide bonds. The van der Waals surface area contributed by atoms with Crippen LogP contribution in [0.4, 0.5) is 0 Å². The summed E-state index contributed by atoms with van der Waals surface area (Å²) in [5.41, 5.74) is 5.03. The molecule has 0 aliphatic heterocycles. The maximum absolute atomic E-state index is 12.3. The molecule has 4 aromatic rings. The Labute approximate surface area is 167 Å². The van der Waals surface area contributed by atoms with Crippen molar-refractivity contribution in [3.05, 3.63) is 68.9 Å². The fourth-order valence-corrected chi connectivity index (χ4v) is 3.44. The minimum absolute atomic E-state index is 0.0872. The van der Waals surface area contributed by atoms with Crippen molar-refractivity contribution < 1.29 is 9.90 Å². The lowest BCUT2D eigenvalue weighted by Gasteiger charge is -2.06. The number of nitrogens with zero attached hydrogens (tertiary/aromatic N) is 1. The number of hydrogen-bond acceptors (Lipinski definition) is 4. The van der Waals surface area contributed by atoms with E-state index in [9.17, 15) is 9.90 Å². The first-order valence-corrected chi connectivity index (χ1v) is 9.18. The standard InChI is InChI=1S/C19H13BrN4O2S/c20-12-3-4-13-10(7-12)2-6-17(25)14(13)9-21-24-18(26)11-1-5-15-16(8-11)23-19(27)22-15/h1-9,25H,(H,24,26)(H2,22,23,27)/b21-9-. The number of hydrogen-bond donors (Lipinski definition) is 4. The zero-order chi connectivity index (χ0) is 19.0. The van der Waals surface area contributed by atoms with Crippen LogP contribution in [-0.2, 0) is 0 Å². The Balaban J connectivity index is 1.59. The molecular weight excluding hydrogens is 428 g/mol. The Kier molecular flexibility index (Phi) is 4.51. The smallest absolute Gasteiger partial charge is 0.271 e. The first kappa shape index (κ1) is 17.4. The van der Waals surface area contributed by atoms with Gasteiger partial charge in [-0.15, -0.1) is 0 Å². The van der Waals surface area contributed by atoms with Crippen molar-refractivity contribution in [2.75, 3.05) is 0 Å². The molecule has 0 spiro atoms. The molecule has 0 bridgehead atoms. The average Bonchev–Trinajstić information content (AvgIpc) is 3.02. The normalized spacial score (nSPS) is 11.4. The summed E-state index contributed by atoms with van der Waals surface area (Å²) in [5, 5.41) is 15.9. The molecule has 1 aromatic heterocycles. The molecule has 0 unspecified atom stereocenters. The number of rotatable bonds is 3. The Morgan fingerprint density at radius 3 is 2.78 bits per heavy atom. The number of phenolic OH excluding ortho intramolecular Hbond substituents is 1. The largest absolute Gasteiger partial charge is 0.507 e. The molecule has 0 radical (unpaired) electrons. The van der Waals surface area contributed by atoms with E-state index in [2.05, 4.69) is 36.4 Å². The molecule has 0 atom stereocenters. The summed E-state index contributed by atoms with van der Waals surface area (Å²) in [7, 11) is 0. The van der Waals surface area contributed by atoms with Gasteiger partial charge in [-0.2, -0.15) is 5.10 Å². The van der Waals surface area contributed by atoms with Crippen molar-refractivity contribution in [1.29, 1.82) is 0 Å². The number of aromatic amines is 2. The molecule has 0 aliphatic carbocycles. The van der Waals surface area contributed by atoms with E-state index in [1.165, 1.54) is 6.21 Å². The highest BCUT2D eigenvalue weighted by molar-refractivity contribution is 9.10. The number of phenols is 1. The van der Waals surface area contributed by atoms with E-state index in [1.54, 1.807) is 24.3 Å². The number of imidazole rings is 1. The van der Waals surface area contributed by atoms with Gasteiger partial charge < -0.3 is 15.1 Å². The Morgan fingerprint density at radius 2 is 1.93 bits per heavy atom. The number of nitrogens with one attached hydrogen (secondary N) is 3. The molecule has 6 nitrogen and oxygen atoms in total. The molecule has 27 heavy (non-hydrogen) atoms. The maximum atomic E-state index is 12.3. The van der Waals surface area contributed by atoms with Crippen LogP contribution in [0.5, 0.6) is 5.75 Å². The third kappa shape index (κ3) is 3.49. The van der Waals surface area contributed by atoms with Crippen LogP contribution in [0.25, 0.3) is 21.8 Å². The van der Waals surface area contributed by atoms with Crippen LogP contribution in [0, 0.1) is 4.77 Å². The van der Waals surface area contributed by atoms with Crippen LogP contribution in [0.3, 0.4) is 0 Å². The molecule has 0 saturated carbocycles. The lowest BCUT2D eigenvalue weighted by Crippen LogP contribution is -2.17. The second-order valence-corrected chi connectivity index (χ2v) is 7.23. The third-order valence-corrected chi connectivity index (χ3v) is 4.84. The van der Waals surface area contributed by atoms with Crippen LogP contribution < -0.4 is 5.43 Å². The molecule has 1 heterocycles. The summed E-state index contributed by atoms with van der Waals surface area (Å²) in [6.45, 7) is 0. The molecule has 8 heteroatoms. The van der Waals surface area contributed by atoms with E-state index < -0.39 is 0 Å². The number of halogens is 1. The first-order valence-electron chi connectivity index (χ1n) is 7.98. The number of H-pyrrole nitrogens is 2. The number of aromatic nitrogens is 2. The third-order valence-electron chi connectivity index (χ3n) is 4.14. The predicted molar refractivity (Wildman–Crippen MR) is 112 cm³/mol. The number of hydrazone groups is 1. The van der Waals surface area contributed by atoms with E-state index in [1.807, 2.05) is 24.3 Å². The molecule has 0 fully saturated rings. The van der Waals surface area contributed by atoms with Crippen LogP contribution in [0.1, 0.15) is 15.9 Å². The highest BCUT2D eigenvalue weighted by atomic mass is 79.9. The van der Waals surface area contributed by atoms with E-state index in [0.717, 1.165) is 26.3 Å². The summed E-state index contributed by atoms with van der Waals surface area (Å²) >= 11 is 8.47. The summed E-state index contributed by atoms with van der Waals surface area (Å²) < 4.78 is 1.44. The minimum atomic E-state index is -0.365. The second-order valence-electron chi connectivity index (χ2n) is 5.90. The van der Waals surface area contributed by atoms with Gasteiger partial charge in [0.2, 0.25) is 0 Å². The van der Waals surface area contributed by atoms with E-state index in [-0.39, 0.29) is 11.7 Å². The van der Waals surface area contributed by atoms with Crippen LogP contribution in [0.15, 0.2) is 58.1 Å². The molecular formula is C19H13BrN4O2S. The van der Waals surface area contributed by atoms with Gasteiger partial charge >= 0.3 is 0 Å². The van der Waals surface area contributed by atoms with Crippen molar-refractivity contribution in [3.8, 4) is 5.75 Å². The van der Waals surface area contributed by atoms with Crippen molar-refractivity contribution >= 4 is 62.1 Å². The van der Waals surface area contributed by atoms with Gasteiger partial charge in [-0.1, -0.05) is 28.1 Å². The SMILES string of the molecule is O=C(N/N=C\c1c(O)ccc2cc(Br)ccc12)c1ccc2[nH]c(=S)[nH]c2c1. The number of carbonyl (C=O) groups excluding carboxylic acids is 1. The zero-order valence-corrected chi connectivity index (χ0v) is 16.2. The first-order chi connectivity index (χ1) is 13.0. The zero-order valence-electron chi connectivity index (χ0n) is 13.8. The van der Waals surface area contributed by atoms with Crippen LogP contribution >= 0.6 is 28.1 Å². The van der Waals surface area contributed by atoms with Gasteiger partial charge in [0.25, 0.3) is 5.91 Å². The van der Waals surface area contributed by atoms with Gasteiger partial charge in [-0.05, 0) is 59.4 Å². The Bertz CT molecular complexity index is 1280. The van der Waals surface area contributed by atoms with E-state index in [4.69, 9.17) is 12.2 Å². The second kappa shape index (κ2) is 6.98. The fraction of sp³-hybridized carbons (Fsp3) is 0. The summed E-state index contributed by atoms with van der Waals surface area (Å²) in [6, 6.07) is 14.3. The lowest BCUT2D eigenvalue weighted by atomic mass is 10.0. The van der Waals surface area contributed by atoms with Gasteiger partial charge in [0.1, 0.15) is 5.75 Å². The predicted octanol–water partition coefficient (Wildman–Crippen LogP) is 4.61. The van der Waals surface area contributed by atoms with Gasteiger partial charge in [0, 0.05) is 15.6 Å². The van der Waals surface area contributed by atoms with Gasteiger partial charge in [0.15, 0.2) is 4.77 Å². The lowest BCUT2D eigenvalue weighted by molar-refractivity contribution is 0.0955. The highest BCUT2D eigenvalue weighted by Crippen LogP contribution is 2.28. The number of carbonyl (C=O) groups is 1. The molecule has 0 saturated heterocycles. The van der Waals surface area contributed by atoms with Crippen molar-refractivity contribution in [2.45, 2.75) is 0 Å². The van der Waals surface area contributed by atoms with Crippen molar-refractivity contribution in [3.63, 3.8) is 0 Å². The number of amides is 1. The van der Waals surface area contributed by atoms with Crippen LogP contribution in [0.2, 0.25) is 0 Å². The van der Waals surface area contributed by atoms with Gasteiger partial charge in [0.05, 0.1) is 17.2 Å². The highest BCUT2D eigenvalue weighted by Gasteiger charge is 2.08. The average molecular weight is 441 g/mol. The van der Waals surface area contributed by atoms with Gasteiger partial charge in [-0.3, -0.25) is 4.79 Å². The van der Waals surface area contributed by atoms with E-state index >= 15 is 0 Å². The number of benzene rings is 3. The number of fused-ring (bicyclic) bond motifs is 2. The fourth-order valence-electron chi connectivity index (χ4n) is 2.84. The van der Waals surface area contributed by atoms with E-state index in [0.29, 0.717) is 15.9 Å². The van der Waals surface area contributed by atoms with Gasteiger partial charge in [-0.25, -0.2) is 5.43 Å². The molecule has 3 aromatic carbocycles. The monoisotopic (exact) mass is 440 g/mol. The maximum Gasteiger partial charge on any atom is 0.271 e. The summed E-state index contributed by atoms with van der Waals surface area (Å²) in [5.74, 6) is -0.278. The summed E-state index contributed by atoms with van der Waals surface area (Å²) in [4.78, 5) is 18.3. The van der Waals surface area contributed by atoms with Crippen molar-refractivity contribution in [1.82, 2.24) is 15.4 Å². The van der Waals surface area contributed by atoms with Crippen LogP contribution in [-0.4, -0.2) is 27.2 Å². The quantitative estimate of drug-likeness (QED) is 0.213. The molecule has 0 aliphatic rings. The van der Waals surface area contributed by atoms with Crippen molar-refractivity contribution in [2.24, 2.45) is 5.10 Å². The topological polar surface area (TPSA) is 93.3 Å². The Hall–Kier alpha value is -2.97. The summed E-state index contributed by atoms with van der Waals surface area (Å²) in [6.07, 6.45) is 1.44. The minimum Gasteiger partial charge on any atom is -0.507 e. The molecule has 134 valence electrons. The molecule has 4 N–H and O–H groups in total. The number of aromatic hydroxyl groups is 1. The molecule has 4 rings (SSSR count).